The standard InChI is InChI=1S/C18H15F3N6O3S2/c1-2-22-17(30)26-11-3-7(15-25-10(6-31-15)18(19,20)21)8(4-23-11)16-27-12-9(28)5-24-14(29)13(12)32-16/h3-4,6,12-13H,2,5H2,1H3,(H,24,29)(H2,22,23,26,30). The number of carbonyl (C=O) groups excluding carboxylic acids is 3. The van der Waals surface area contributed by atoms with Crippen molar-refractivity contribution in [1.82, 2.24) is 20.6 Å². The highest BCUT2D eigenvalue weighted by Crippen LogP contribution is 2.39. The summed E-state index contributed by atoms with van der Waals surface area (Å²) < 4.78 is 39.3. The largest absolute Gasteiger partial charge is 0.434 e. The third kappa shape index (κ3) is 4.32. The lowest BCUT2D eigenvalue weighted by Crippen LogP contribution is -2.51. The summed E-state index contributed by atoms with van der Waals surface area (Å²) in [5.74, 6) is -0.501. The topological polar surface area (TPSA) is 125 Å². The van der Waals surface area contributed by atoms with E-state index < -0.39 is 29.2 Å². The Kier molecular flexibility index (Phi) is 5.90. The maximum absolute atomic E-state index is 13.1. The summed E-state index contributed by atoms with van der Waals surface area (Å²) >= 11 is 1.81. The zero-order chi connectivity index (χ0) is 23.0. The van der Waals surface area contributed by atoms with Gasteiger partial charge in [-0.1, -0.05) is 11.8 Å². The molecule has 2 aromatic rings. The molecular weight excluding hydrogens is 469 g/mol. The molecule has 2 unspecified atom stereocenters. The van der Waals surface area contributed by atoms with Gasteiger partial charge in [0, 0.05) is 29.2 Å². The SMILES string of the molecule is CCNC(=O)Nc1cc(-c2nc(C(F)(F)F)cs2)c(C2=NC3C(=O)CNC(=O)C3S2)cn1. The van der Waals surface area contributed by atoms with E-state index in [2.05, 4.69) is 30.9 Å². The summed E-state index contributed by atoms with van der Waals surface area (Å²) in [4.78, 5) is 48.3. The third-order valence-electron chi connectivity index (χ3n) is 4.55. The van der Waals surface area contributed by atoms with Gasteiger partial charge in [-0.15, -0.1) is 11.3 Å². The Morgan fingerprint density at radius 3 is 2.75 bits per heavy atom. The first-order valence-corrected chi connectivity index (χ1v) is 11.1. The molecule has 0 spiro atoms. The van der Waals surface area contributed by atoms with E-state index in [-0.39, 0.29) is 34.6 Å². The Hall–Kier alpha value is -3.00. The predicted molar refractivity (Wildman–Crippen MR) is 113 cm³/mol. The van der Waals surface area contributed by atoms with Crippen LogP contribution in [0.1, 0.15) is 18.2 Å². The quantitative estimate of drug-likeness (QED) is 0.612. The maximum Gasteiger partial charge on any atom is 0.434 e. The molecule has 0 saturated carbocycles. The number of piperidine rings is 1. The van der Waals surface area contributed by atoms with Gasteiger partial charge < -0.3 is 10.6 Å². The lowest BCUT2D eigenvalue weighted by molar-refractivity contribution is -0.140. The fourth-order valence-corrected chi connectivity index (χ4v) is 5.17. The number of Topliss-reactive ketones (excluding diaryl/α,β-unsaturated/α-hetero) is 1. The summed E-state index contributed by atoms with van der Waals surface area (Å²) in [6.07, 6.45) is -3.29. The summed E-state index contributed by atoms with van der Waals surface area (Å²) in [6, 6.07) is -0.0160. The molecule has 0 aliphatic carbocycles. The molecule has 4 heterocycles. The third-order valence-corrected chi connectivity index (χ3v) is 6.70. The number of halogens is 3. The van der Waals surface area contributed by atoms with Crippen LogP contribution in [-0.2, 0) is 15.8 Å². The number of alkyl halides is 3. The molecule has 1 saturated heterocycles. The number of hydrogen-bond donors (Lipinski definition) is 3. The highest BCUT2D eigenvalue weighted by Gasteiger charge is 2.44. The van der Waals surface area contributed by atoms with Gasteiger partial charge in [-0.05, 0) is 13.0 Å². The number of amides is 3. The number of hydrogen-bond acceptors (Lipinski definition) is 8. The first-order valence-electron chi connectivity index (χ1n) is 9.30. The normalized spacial score (nSPS) is 20.4. The number of rotatable bonds is 4. The lowest BCUT2D eigenvalue weighted by Gasteiger charge is -2.21. The maximum atomic E-state index is 13.1. The number of anilines is 1. The zero-order valence-electron chi connectivity index (χ0n) is 16.3. The van der Waals surface area contributed by atoms with Gasteiger partial charge in [0.05, 0.1) is 6.54 Å². The van der Waals surface area contributed by atoms with Crippen molar-refractivity contribution in [1.29, 1.82) is 0 Å². The number of aromatic nitrogens is 2. The van der Waals surface area contributed by atoms with Crippen molar-refractivity contribution in [2.24, 2.45) is 4.99 Å². The molecule has 14 heteroatoms. The molecule has 0 bridgehead atoms. The molecular formula is C18H15F3N6O3S2. The van der Waals surface area contributed by atoms with Gasteiger partial charge in [-0.25, -0.2) is 14.8 Å². The molecule has 1 fully saturated rings. The Balaban J connectivity index is 1.76. The van der Waals surface area contributed by atoms with Gasteiger partial charge in [0.15, 0.2) is 11.5 Å². The van der Waals surface area contributed by atoms with Crippen LogP contribution in [0.5, 0.6) is 0 Å². The van der Waals surface area contributed by atoms with E-state index in [1.54, 1.807) is 6.92 Å². The molecule has 2 aliphatic heterocycles. The molecule has 3 amide bonds. The van der Waals surface area contributed by atoms with E-state index in [0.717, 1.165) is 28.5 Å². The molecule has 0 radical (unpaired) electrons. The van der Waals surface area contributed by atoms with Crippen LogP contribution < -0.4 is 16.0 Å². The number of thioether (sulfide) groups is 1. The van der Waals surface area contributed by atoms with Crippen molar-refractivity contribution in [2.75, 3.05) is 18.4 Å². The molecule has 2 aromatic heterocycles. The van der Waals surface area contributed by atoms with Gasteiger partial charge in [-0.2, -0.15) is 13.2 Å². The van der Waals surface area contributed by atoms with Crippen LogP contribution in [0.25, 0.3) is 10.6 Å². The first-order chi connectivity index (χ1) is 15.2. The number of ketones is 1. The number of nitrogens with one attached hydrogen (secondary N) is 3. The van der Waals surface area contributed by atoms with E-state index in [4.69, 9.17) is 0 Å². The second-order valence-electron chi connectivity index (χ2n) is 6.74. The molecule has 2 aliphatic rings. The molecule has 168 valence electrons. The van der Waals surface area contributed by atoms with Crippen LogP contribution in [0, 0.1) is 0 Å². The summed E-state index contributed by atoms with van der Waals surface area (Å²) in [6.45, 7) is 1.96. The Bertz CT molecular complexity index is 1130. The van der Waals surface area contributed by atoms with Crippen LogP contribution in [0.15, 0.2) is 22.6 Å². The van der Waals surface area contributed by atoms with Crippen LogP contribution in [0.3, 0.4) is 0 Å². The minimum Gasteiger partial charge on any atom is -0.348 e. The van der Waals surface area contributed by atoms with Crippen molar-refractivity contribution in [2.45, 2.75) is 24.4 Å². The molecule has 0 aromatic carbocycles. The van der Waals surface area contributed by atoms with Gasteiger partial charge >= 0.3 is 12.2 Å². The second-order valence-corrected chi connectivity index (χ2v) is 8.73. The van der Waals surface area contributed by atoms with Crippen molar-refractivity contribution in [3.8, 4) is 10.6 Å². The Morgan fingerprint density at radius 1 is 1.31 bits per heavy atom. The van der Waals surface area contributed by atoms with Gasteiger partial charge in [0.25, 0.3) is 0 Å². The average Bonchev–Trinajstić information content (AvgIpc) is 3.39. The smallest absolute Gasteiger partial charge is 0.348 e. The summed E-state index contributed by atoms with van der Waals surface area (Å²) in [5, 5.41) is 7.98. The molecule has 3 N–H and O–H groups in total. The van der Waals surface area contributed by atoms with Gasteiger partial charge in [0.1, 0.15) is 27.2 Å². The lowest BCUT2D eigenvalue weighted by atomic mass is 10.0. The van der Waals surface area contributed by atoms with Crippen LogP contribution in [0.2, 0.25) is 0 Å². The predicted octanol–water partition coefficient (Wildman–Crippen LogP) is 2.29. The molecule has 9 nitrogen and oxygen atoms in total. The van der Waals surface area contributed by atoms with Crippen LogP contribution in [0.4, 0.5) is 23.8 Å². The van der Waals surface area contributed by atoms with Crippen molar-refractivity contribution in [3.05, 3.63) is 28.9 Å². The van der Waals surface area contributed by atoms with Crippen molar-refractivity contribution in [3.63, 3.8) is 0 Å². The van der Waals surface area contributed by atoms with Gasteiger partial charge in [-0.3, -0.25) is 19.9 Å². The number of pyridine rings is 1. The fraction of sp³-hybridized carbons (Fsp3) is 0.333. The number of urea groups is 1. The first kappa shape index (κ1) is 22.2. The number of carbonyl (C=O) groups is 3. The highest BCUT2D eigenvalue weighted by atomic mass is 32.2. The monoisotopic (exact) mass is 484 g/mol. The van der Waals surface area contributed by atoms with Gasteiger partial charge in [0.2, 0.25) is 5.91 Å². The minimum atomic E-state index is -4.62. The van der Waals surface area contributed by atoms with Crippen LogP contribution in [-0.4, -0.2) is 57.1 Å². The van der Waals surface area contributed by atoms with Crippen molar-refractivity contribution >= 4 is 51.7 Å². The molecule has 32 heavy (non-hydrogen) atoms. The average molecular weight is 484 g/mol. The van der Waals surface area contributed by atoms with E-state index >= 15 is 0 Å². The summed E-state index contributed by atoms with van der Waals surface area (Å²) in [5.41, 5.74) is -0.498. The number of aliphatic imine (C=N–C) groups is 1. The molecule has 4 rings (SSSR count). The Morgan fingerprint density at radius 2 is 2.09 bits per heavy atom. The zero-order valence-corrected chi connectivity index (χ0v) is 18.0. The van der Waals surface area contributed by atoms with E-state index in [9.17, 15) is 27.6 Å². The molecule has 2 atom stereocenters. The van der Waals surface area contributed by atoms with Crippen LogP contribution >= 0.6 is 23.1 Å². The van der Waals surface area contributed by atoms with Crippen molar-refractivity contribution < 1.29 is 27.6 Å². The van der Waals surface area contributed by atoms with E-state index in [1.807, 2.05) is 0 Å². The van der Waals surface area contributed by atoms with E-state index in [1.165, 1.54) is 12.3 Å². The minimum absolute atomic E-state index is 0.0302. The van der Waals surface area contributed by atoms with E-state index in [0.29, 0.717) is 17.2 Å². The number of thiazole rings is 1. The Labute approximate surface area is 187 Å². The number of nitrogens with zero attached hydrogens (tertiary/aromatic N) is 3. The number of fused-ring (bicyclic) bond motifs is 1. The highest BCUT2D eigenvalue weighted by molar-refractivity contribution is 8.15. The second kappa shape index (κ2) is 8.50. The fourth-order valence-electron chi connectivity index (χ4n) is 3.08. The summed E-state index contributed by atoms with van der Waals surface area (Å²) in [7, 11) is 0.